The number of thiazole rings is 1. The van der Waals surface area contributed by atoms with Crippen LogP contribution in [0.1, 0.15) is 24.3 Å². The summed E-state index contributed by atoms with van der Waals surface area (Å²) in [6.45, 7) is 5.86. The van der Waals surface area contributed by atoms with Crippen LogP contribution in [0.4, 0.5) is 4.79 Å². The Morgan fingerprint density at radius 1 is 1.43 bits per heavy atom. The zero-order valence-corrected chi connectivity index (χ0v) is 14.2. The van der Waals surface area contributed by atoms with Gasteiger partial charge in [0, 0.05) is 42.7 Å². The maximum atomic E-state index is 12.4. The minimum Gasteiger partial charge on any atom is -0.379 e. The molecule has 7 heteroatoms. The molecule has 1 atom stereocenters. The summed E-state index contributed by atoms with van der Waals surface area (Å²) < 4.78 is 5.86. The van der Waals surface area contributed by atoms with E-state index in [2.05, 4.69) is 15.2 Å². The van der Waals surface area contributed by atoms with Crippen LogP contribution in [0.5, 0.6) is 0 Å². The van der Waals surface area contributed by atoms with Crippen molar-refractivity contribution in [2.24, 2.45) is 5.41 Å². The van der Waals surface area contributed by atoms with Crippen LogP contribution in [-0.2, 0) is 11.3 Å². The van der Waals surface area contributed by atoms with E-state index in [0.717, 1.165) is 52.0 Å². The Morgan fingerprint density at radius 2 is 2.35 bits per heavy atom. The second-order valence-corrected chi connectivity index (χ2v) is 8.06. The van der Waals surface area contributed by atoms with Crippen LogP contribution >= 0.6 is 11.3 Å². The van der Waals surface area contributed by atoms with Crippen molar-refractivity contribution in [1.82, 2.24) is 20.1 Å². The molecule has 1 aliphatic carbocycles. The Bertz CT molecular complexity index is 548. The van der Waals surface area contributed by atoms with Crippen molar-refractivity contribution < 1.29 is 9.53 Å². The van der Waals surface area contributed by atoms with Crippen molar-refractivity contribution >= 4 is 17.4 Å². The number of carbonyl (C=O) groups is 1. The molecule has 2 amide bonds. The molecule has 0 bridgehead atoms. The Hall–Kier alpha value is -1.18. The largest absolute Gasteiger partial charge is 0.379 e. The summed E-state index contributed by atoms with van der Waals surface area (Å²) in [5.41, 5.74) is 0.0780. The minimum absolute atomic E-state index is 0.0780. The Labute approximate surface area is 140 Å². The molecule has 2 saturated heterocycles. The van der Waals surface area contributed by atoms with Gasteiger partial charge in [0.2, 0.25) is 0 Å². The van der Waals surface area contributed by atoms with Crippen LogP contribution < -0.4 is 5.32 Å². The van der Waals surface area contributed by atoms with Gasteiger partial charge in [-0.25, -0.2) is 9.78 Å². The lowest BCUT2D eigenvalue weighted by atomic mass is 9.87. The Balaban J connectivity index is 1.39. The fraction of sp³-hybridized carbons (Fsp3) is 0.750. The molecule has 4 rings (SSSR count). The van der Waals surface area contributed by atoms with E-state index in [9.17, 15) is 4.79 Å². The molecule has 2 aliphatic heterocycles. The predicted octanol–water partition coefficient (Wildman–Crippen LogP) is 1.54. The van der Waals surface area contributed by atoms with E-state index < -0.39 is 0 Å². The van der Waals surface area contributed by atoms with Crippen molar-refractivity contribution in [3.05, 3.63) is 16.6 Å². The van der Waals surface area contributed by atoms with Gasteiger partial charge in [0.1, 0.15) is 5.01 Å². The number of likely N-dealkylation sites (tertiary alicyclic amines) is 1. The van der Waals surface area contributed by atoms with E-state index in [0.29, 0.717) is 19.2 Å². The zero-order valence-electron chi connectivity index (χ0n) is 13.4. The van der Waals surface area contributed by atoms with Gasteiger partial charge in [-0.1, -0.05) is 0 Å². The quantitative estimate of drug-likeness (QED) is 0.910. The van der Waals surface area contributed by atoms with Crippen LogP contribution in [0, 0.1) is 5.41 Å². The Morgan fingerprint density at radius 3 is 3.13 bits per heavy atom. The van der Waals surface area contributed by atoms with Gasteiger partial charge in [-0.3, -0.25) is 4.90 Å². The molecule has 0 unspecified atom stereocenters. The fourth-order valence-corrected chi connectivity index (χ4v) is 4.25. The third kappa shape index (κ3) is 3.67. The molecule has 1 aromatic heterocycles. The van der Waals surface area contributed by atoms with Gasteiger partial charge in [-0.2, -0.15) is 0 Å². The predicted molar refractivity (Wildman–Crippen MR) is 88.4 cm³/mol. The molecule has 1 spiro atoms. The number of ether oxygens (including phenoxy) is 1. The van der Waals surface area contributed by atoms with Gasteiger partial charge in [0.25, 0.3) is 0 Å². The van der Waals surface area contributed by atoms with E-state index in [4.69, 9.17) is 4.74 Å². The highest BCUT2D eigenvalue weighted by molar-refractivity contribution is 7.09. The van der Waals surface area contributed by atoms with Gasteiger partial charge < -0.3 is 15.0 Å². The molecule has 1 N–H and O–H groups in total. The first-order valence-corrected chi connectivity index (χ1v) is 9.34. The smallest absolute Gasteiger partial charge is 0.317 e. The second-order valence-electron chi connectivity index (χ2n) is 7.08. The first kappa shape index (κ1) is 15.4. The van der Waals surface area contributed by atoms with Crippen molar-refractivity contribution in [2.45, 2.75) is 31.8 Å². The first-order valence-electron chi connectivity index (χ1n) is 8.46. The van der Waals surface area contributed by atoms with Gasteiger partial charge in [0.15, 0.2) is 0 Å². The summed E-state index contributed by atoms with van der Waals surface area (Å²) in [6.07, 6.45) is 5.21. The maximum absolute atomic E-state index is 12.4. The van der Waals surface area contributed by atoms with Crippen LogP contribution in [0.15, 0.2) is 11.6 Å². The lowest BCUT2D eigenvalue weighted by molar-refractivity contribution is 0.0714. The summed E-state index contributed by atoms with van der Waals surface area (Å²) in [5, 5.41) is 6.31. The molecule has 23 heavy (non-hydrogen) atoms. The molecule has 3 fully saturated rings. The molecular formula is C16H24N4O2S. The standard InChI is InChI=1S/C16H24N4O2S/c21-15(18-13-1-2-13)20-6-7-22-12-16(11-20)3-5-19(10-16)9-14-17-4-8-23-14/h4,8,13H,1-3,5-7,9-12H2,(H,18,21)/t16-/m0/s1. The van der Waals surface area contributed by atoms with Crippen molar-refractivity contribution in [3.63, 3.8) is 0 Å². The monoisotopic (exact) mass is 336 g/mol. The minimum atomic E-state index is 0.0780. The fourth-order valence-electron chi connectivity index (χ4n) is 3.59. The molecule has 0 radical (unpaired) electrons. The number of carbonyl (C=O) groups excluding carboxylic acids is 1. The van der Waals surface area contributed by atoms with Crippen LogP contribution in [-0.4, -0.2) is 66.2 Å². The van der Waals surface area contributed by atoms with Crippen LogP contribution in [0.25, 0.3) is 0 Å². The number of nitrogens with zero attached hydrogens (tertiary/aromatic N) is 3. The van der Waals surface area contributed by atoms with E-state index in [1.807, 2.05) is 16.5 Å². The molecule has 1 saturated carbocycles. The summed E-state index contributed by atoms with van der Waals surface area (Å²) in [6, 6.07) is 0.503. The number of amides is 2. The molecule has 126 valence electrons. The SMILES string of the molecule is O=C(NC1CC1)N1CCOC[C@]2(CCN(Cc3nccs3)C2)C1. The van der Waals surface area contributed by atoms with E-state index in [1.165, 1.54) is 5.01 Å². The first-order chi connectivity index (χ1) is 11.2. The second kappa shape index (κ2) is 6.37. The lowest BCUT2D eigenvalue weighted by Crippen LogP contribution is -2.47. The van der Waals surface area contributed by atoms with E-state index in [-0.39, 0.29) is 11.4 Å². The average Bonchev–Trinajstić information content (AvgIpc) is 3.11. The number of rotatable bonds is 3. The number of hydrogen-bond donors (Lipinski definition) is 1. The highest BCUT2D eigenvalue weighted by Crippen LogP contribution is 2.34. The highest BCUT2D eigenvalue weighted by Gasteiger charge is 2.42. The molecule has 1 aromatic rings. The number of aromatic nitrogens is 1. The van der Waals surface area contributed by atoms with Gasteiger partial charge >= 0.3 is 6.03 Å². The normalized spacial score (nSPS) is 29.0. The molecular weight excluding hydrogens is 312 g/mol. The Kier molecular flexibility index (Phi) is 4.26. The van der Waals surface area contributed by atoms with Crippen molar-refractivity contribution in [2.75, 3.05) is 39.4 Å². The number of nitrogens with one attached hydrogen (secondary N) is 1. The third-order valence-electron chi connectivity index (χ3n) is 4.99. The third-order valence-corrected chi connectivity index (χ3v) is 5.76. The summed E-state index contributed by atoms with van der Waals surface area (Å²) in [5.74, 6) is 0. The molecule has 0 aromatic carbocycles. The summed E-state index contributed by atoms with van der Waals surface area (Å²) in [4.78, 5) is 21.2. The molecule has 6 nitrogen and oxygen atoms in total. The van der Waals surface area contributed by atoms with Crippen molar-refractivity contribution in [1.29, 1.82) is 0 Å². The highest BCUT2D eigenvalue weighted by atomic mass is 32.1. The van der Waals surface area contributed by atoms with Gasteiger partial charge in [-0.15, -0.1) is 11.3 Å². The van der Waals surface area contributed by atoms with Gasteiger partial charge in [0.05, 0.1) is 19.8 Å². The summed E-state index contributed by atoms with van der Waals surface area (Å²) in [7, 11) is 0. The lowest BCUT2D eigenvalue weighted by Gasteiger charge is -2.32. The van der Waals surface area contributed by atoms with Gasteiger partial charge in [-0.05, 0) is 25.8 Å². The van der Waals surface area contributed by atoms with Crippen LogP contribution in [0.2, 0.25) is 0 Å². The van der Waals surface area contributed by atoms with Crippen molar-refractivity contribution in [3.8, 4) is 0 Å². The number of hydrogen-bond acceptors (Lipinski definition) is 5. The van der Waals surface area contributed by atoms with E-state index >= 15 is 0 Å². The van der Waals surface area contributed by atoms with E-state index in [1.54, 1.807) is 11.3 Å². The zero-order chi connectivity index (χ0) is 15.7. The molecule has 3 heterocycles. The molecule has 3 aliphatic rings. The maximum Gasteiger partial charge on any atom is 0.317 e. The van der Waals surface area contributed by atoms with Crippen LogP contribution in [0.3, 0.4) is 0 Å². The number of urea groups is 1. The average molecular weight is 336 g/mol. The topological polar surface area (TPSA) is 57.7 Å². The summed E-state index contributed by atoms with van der Waals surface area (Å²) >= 11 is 1.71.